The van der Waals surface area contributed by atoms with Gasteiger partial charge in [-0.15, -0.1) is 5.10 Å². The van der Waals surface area contributed by atoms with Crippen LogP contribution in [-0.4, -0.2) is 38.5 Å². The third kappa shape index (κ3) is 7.13. The molecule has 2 aromatic heterocycles. The van der Waals surface area contributed by atoms with E-state index in [4.69, 9.17) is 4.74 Å². The number of benzene rings is 1. The predicted molar refractivity (Wildman–Crippen MR) is 117 cm³/mol. The zero-order valence-electron chi connectivity index (χ0n) is 19.1. The molecule has 0 radical (unpaired) electrons. The van der Waals surface area contributed by atoms with Crippen molar-refractivity contribution in [3.63, 3.8) is 0 Å². The van der Waals surface area contributed by atoms with Crippen LogP contribution in [0.4, 0.5) is 13.2 Å². The van der Waals surface area contributed by atoms with Gasteiger partial charge in [-0.3, -0.25) is 14.5 Å². The number of nitrogens with zero attached hydrogens (tertiary/aromatic N) is 4. The molecule has 6 nitrogen and oxygen atoms in total. The number of halogens is 3. The van der Waals surface area contributed by atoms with Gasteiger partial charge in [-0.2, -0.15) is 13.2 Å². The summed E-state index contributed by atoms with van der Waals surface area (Å²) in [5.74, 6) is -0.482. The molecule has 0 spiro atoms. The lowest BCUT2D eigenvalue weighted by molar-refractivity contribution is -0.153. The Labute approximate surface area is 190 Å². The molecular weight excluding hydrogens is 433 g/mol. The van der Waals surface area contributed by atoms with Gasteiger partial charge < -0.3 is 4.74 Å². The van der Waals surface area contributed by atoms with E-state index in [1.165, 1.54) is 22.5 Å². The maximum absolute atomic E-state index is 12.9. The minimum absolute atomic E-state index is 0.000708. The molecule has 0 unspecified atom stereocenters. The fraction of sp³-hybridized carbons (Fsp3) is 0.417. The molecule has 1 aromatic carbocycles. The van der Waals surface area contributed by atoms with Gasteiger partial charge in [0.1, 0.15) is 11.5 Å². The van der Waals surface area contributed by atoms with Crippen LogP contribution in [-0.2, 0) is 23.7 Å². The second-order valence-corrected chi connectivity index (χ2v) is 9.06. The van der Waals surface area contributed by atoms with Gasteiger partial charge in [0.25, 0.3) is 0 Å². The quantitative estimate of drug-likeness (QED) is 0.484. The molecule has 0 aliphatic carbocycles. The Morgan fingerprint density at radius 3 is 2.27 bits per heavy atom. The van der Waals surface area contributed by atoms with Gasteiger partial charge in [0.05, 0.1) is 23.5 Å². The van der Waals surface area contributed by atoms with Crippen molar-refractivity contribution < 1.29 is 22.7 Å². The zero-order valence-corrected chi connectivity index (χ0v) is 19.1. The highest BCUT2D eigenvalue weighted by molar-refractivity contribution is 5.82. The highest BCUT2D eigenvalue weighted by Crippen LogP contribution is 2.28. The largest absolute Gasteiger partial charge is 0.483 e. The Hall–Kier alpha value is -3.23. The van der Waals surface area contributed by atoms with Crippen molar-refractivity contribution in [1.82, 2.24) is 20.0 Å². The van der Waals surface area contributed by atoms with Gasteiger partial charge in [-0.25, -0.2) is 0 Å². The minimum atomic E-state index is -4.43. The van der Waals surface area contributed by atoms with E-state index in [0.29, 0.717) is 11.4 Å². The van der Waals surface area contributed by atoms with Gasteiger partial charge in [-0.05, 0) is 28.7 Å². The molecule has 33 heavy (non-hydrogen) atoms. The summed E-state index contributed by atoms with van der Waals surface area (Å²) in [6.07, 6.45) is -1.12. The van der Waals surface area contributed by atoms with Crippen molar-refractivity contribution in [1.29, 1.82) is 0 Å². The van der Waals surface area contributed by atoms with Crippen LogP contribution >= 0.6 is 0 Å². The number of carbonyl (C=O) groups is 1. The van der Waals surface area contributed by atoms with Gasteiger partial charge >= 0.3 is 6.18 Å². The number of aromatic nitrogens is 4. The first-order chi connectivity index (χ1) is 15.4. The van der Waals surface area contributed by atoms with Crippen LogP contribution < -0.4 is 4.74 Å². The summed E-state index contributed by atoms with van der Waals surface area (Å²) in [4.78, 5) is 17.1. The third-order valence-electron chi connectivity index (χ3n) is 5.15. The van der Waals surface area contributed by atoms with Crippen LogP contribution in [0, 0.1) is 0 Å². The van der Waals surface area contributed by atoms with E-state index in [0.717, 1.165) is 5.56 Å². The van der Waals surface area contributed by atoms with E-state index in [1.54, 1.807) is 19.3 Å². The molecule has 3 rings (SSSR count). The van der Waals surface area contributed by atoms with Crippen LogP contribution in [0.2, 0.25) is 0 Å². The number of ketones is 1. The number of carbonyl (C=O) groups excluding carboxylic acids is 1. The predicted octanol–water partition coefficient (Wildman–Crippen LogP) is 4.78. The molecule has 0 bridgehead atoms. The third-order valence-corrected chi connectivity index (χ3v) is 5.15. The van der Waals surface area contributed by atoms with Crippen LogP contribution in [0.25, 0.3) is 0 Å². The molecule has 9 heteroatoms. The Kier molecular flexibility index (Phi) is 7.19. The van der Waals surface area contributed by atoms with Crippen molar-refractivity contribution in [3.05, 3.63) is 71.3 Å². The van der Waals surface area contributed by atoms with Crippen molar-refractivity contribution in [2.45, 2.75) is 51.1 Å². The lowest BCUT2D eigenvalue weighted by Gasteiger charge is -2.19. The smallest absolute Gasteiger partial charge is 0.422 e. The van der Waals surface area contributed by atoms with E-state index in [1.807, 2.05) is 24.3 Å². The highest BCUT2D eigenvalue weighted by Gasteiger charge is 2.29. The maximum Gasteiger partial charge on any atom is 0.422 e. The molecule has 0 saturated carbocycles. The van der Waals surface area contributed by atoms with Crippen LogP contribution in [0.5, 0.6) is 5.75 Å². The number of ether oxygens (including phenoxy) is 1. The summed E-state index contributed by atoms with van der Waals surface area (Å²) in [6, 6.07) is 10.9. The summed E-state index contributed by atoms with van der Waals surface area (Å²) in [6.45, 7) is 5.00. The SMILES string of the molecule is Cn1cc([C@@H](CC(=O)Cc2ccc(C(C)(C)C)cc2)c2ccc(OCC(F)(F)F)cn2)nn1. The molecule has 1 atom stereocenters. The normalized spacial score (nSPS) is 13.1. The number of Topliss-reactive ketones (excluding diaryl/α,β-unsaturated/α-hetero) is 1. The lowest BCUT2D eigenvalue weighted by atomic mass is 9.86. The molecule has 0 saturated heterocycles. The first-order valence-electron chi connectivity index (χ1n) is 10.5. The molecular formula is C24H27F3N4O2. The molecule has 0 aliphatic rings. The number of alkyl halides is 3. The summed E-state index contributed by atoms with van der Waals surface area (Å²) < 4.78 is 43.4. The van der Waals surface area contributed by atoms with Crippen molar-refractivity contribution in [2.24, 2.45) is 7.05 Å². The Morgan fingerprint density at radius 1 is 1.06 bits per heavy atom. The zero-order chi connectivity index (χ0) is 24.2. The van der Waals surface area contributed by atoms with Gasteiger partial charge in [0, 0.05) is 26.1 Å². The summed E-state index contributed by atoms with van der Waals surface area (Å²) >= 11 is 0. The number of hydrogen-bond acceptors (Lipinski definition) is 5. The maximum atomic E-state index is 12.9. The molecule has 0 amide bonds. The van der Waals surface area contributed by atoms with Crippen LogP contribution in [0.1, 0.15) is 55.6 Å². The second kappa shape index (κ2) is 9.72. The van der Waals surface area contributed by atoms with Crippen molar-refractivity contribution in [3.8, 4) is 5.75 Å². The number of aryl methyl sites for hydroxylation is 1. The lowest BCUT2D eigenvalue weighted by Crippen LogP contribution is -2.19. The van der Waals surface area contributed by atoms with Crippen LogP contribution in [0.3, 0.4) is 0 Å². The van der Waals surface area contributed by atoms with E-state index in [9.17, 15) is 18.0 Å². The van der Waals surface area contributed by atoms with Gasteiger partial charge in [0.15, 0.2) is 6.61 Å². The molecule has 176 valence electrons. The Bertz CT molecular complexity index is 1070. The Morgan fingerprint density at radius 2 is 1.76 bits per heavy atom. The van der Waals surface area contributed by atoms with Gasteiger partial charge in [0.2, 0.25) is 0 Å². The van der Waals surface area contributed by atoms with Crippen molar-refractivity contribution in [2.75, 3.05) is 6.61 Å². The van der Waals surface area contributed by atoms with E-state index < -0.39 is 18.7 Å². The number of pyridine rings is 1. The minimum Gasteiger partial charge on any atom is -0.483 e. The number of rotatable bonds is 8. The fourth-order valence-electron chi connectivity index (χ4n) is 3.38. The summed E-state index contributed by atoms with van der Waals surface area (Å²) in [7, 11) is 1.72. The summed E-state index contributed by atoms with van der Waals surface area (Å²) in [5.41, 5.74) is 3.20. The fourth-order valence-corrected chi connectivity index (χ4v) is 3.38. The first kappa shape index (κ1) is 24.4. The van der Waals surface area contributed by atoms with E-state index >= 15 is 0 Å². The van der Waals surface area contributed by atoms with E-state index in [-0.39, 0.29) is 29.8 Å². The topological polar surface area (TPSA) is 69.9 Å². The molecule has 0 fully saturated rings. The number of hydrogen-bond donors (Lipinski definition) is 0. The average molecular weight is 461 g/mol. The second-order valence-electron chi connectivity index (χ2n) is 9.06. The highest BCUT2D eigenvalue weighted by atomic mass is 19.4. The molecule has 0 aliphatic heterocycles. The van der Waals surface area contributed by atoms with Crippen molar-refractivity contribution >= 4 is 5.78 Å². The monoisotopic (exact) mass is 460 g/mol. The standard InChI is InChI=1S/C24H27F3N4O2/c1-23(2,3)17-7-5-16(6-8-17)11-18(32)12-20(22-14-31(4)30-29-22)21-10-9-19(13-28-21)33-15-24(25,26)27/h5-10,13-14,20H,11-12,15H2,1-4H3/t20-/m0/s1. The molecule has 3 aromatic rings. The van der Waals surface area contributed by atoms with E-state index in [2.05, 4.69) is 36.1 Å². The first-order valence-corrected chi connectivity index (χ1v) is 10.5. The average Bonchev–Trinajstić information content (AvgIpc) is 3.16. The summed E-state index contributed by atoms with van der Waals surface area (Å²) in [5, 5.41) is 8.06. The molecule has 0 N–H and O–H groups in total. The van der Waals surface area contributed by atoms with Crippen LogP contribution in [0.15, 0.2) is 48.8 Å². The van der Waals surface area contributed by atoms with Gasteiger partial charge in [-0.1, -0.05) is 50.3 Å². The molecule has 2 heterocycles. The Balaban J connectivity index is 1.74.